The van der Waals surface area contributed by atoms with Gasteiger partial charge in [-0.2, -0.15) is 4.98 Å². The Morgan fingerprint density at radius 2 is 2.31 bits per heavy atom. The zero-order valence-electron chi connectivity index (χ0n) is 7.06. The van der Waals surface area contributed by atoms with Crippen molar-refractivity contribution in [1.29, 1.82) is 0 Å². The first kappa shape index (κ1) is 7.72. The van der Waals surface area contributed by atoms with Crippen LogP contribution < -0.4 is 5.32 Å². The third kappa shape index (κ3) is 1.35. The maximum atomic E-state index is 4.65. The zero-order valence-corrected chi connectivity index (χ0v) is 7.06. The predicted molar refractivity (Wildman–Crippen MR) is 47.1 cm³/mol. The molecule has 2 heterocycles. The van der Waals surface area contributed by atoms with Gasteiger partial charge in [-0.1, -0.05) is 5.16 Å². The highest BCUT2D eigenvalue weighted by Gasteiger charge is 2.07. The number of anilines is 1. The molecule has 2 rings (SSSR count). The predicted octanol–water partition coefficient (Wildman–Crippen LogP) is 1.17. The molecular weight excluding hydrogens is 168 g/mol. The normalized spacial score (nSPS) is 9.92. The molecule has 0 aromatic carbocycles. The van der Waals surface area contributed by atoms with Crippen molar-refractivity contribution in [2.45, 2.75) is 0 Å². The van der Waals surface area contributed by atoms with Gasteiger partial charge in [0.05, 0.1) is 5.56 Å². The van der Waals surface area contributed by atoms with Crippen molar-refractivity contribution in [2.75, 3.05) is 12.4 Å². The van der Waals surface area contributed by atoms with Crippen molar-refractivity contribution >= 4 is 5.82 Å². The van der Waals surface area contributed by atoms with E-state index in [-0.39, 0.29) is 0 Å². The molecule has 0 saturated carbocycles. The van der Waals surface area contributed by atoms with Crippen molar-refractivity contribution in [3.63, 3.8) is 0 Å². The van der Waals surface area contributed by atoms with Gasteiger partial charge >= 0.3 is 0 Å². The Morgan fingerprint density at radius 1 is 1.38 bits per heavy atom. The summed E-state index contributed by atoms with van der Waals surface area (Å²) in [6.07, 6.45) is 3.00. The van der Waals surface area contributed by atoms with Crippen LogP contribution in [-0.4, -0.2) is 22.2 Å². The molecule has 1 N–H and O–H groups in total. The number of aromatic nitrogens is 3. The molecule has 0 atom stereocenters. The van der Waals surface area contributed by atoms with Gasteiger partial charge in [0.2, 0.25) is 12.2 Å². The fraction of sp³-hybridized carbons (Fsp3) is 0.125. The molecular formula is C8H8N4O. The summed E-state index contributed by atoms with van der Waals surface area (Å²) in [6, 6.07) is 3.70. The molecule has 0 spiro atoms. The van der Waals surface area contributed by atoms with Crippen molar-refractivity contribution in [3.05, 3.63) is 24.7 Å². The van der Waals surface area contributed by atoms with Gasteiger partial charge in [-0.05, 0) is 12.1 Å². The zero-order chi connectivity index (χ0) is 9.10. The molecule has 0 radical (unpaired) electrons. The van der Waals surface area contributed by atoms with Crippen LogP contribution in [0.5, 0.6) is 0 Å². The summed E-state index contributed by atoms with van der Waals surface area (Å²) in [5.74, 6) is 1.28. The lowest BCUT2D eigenvalue weighted by Crippen LogP contribution is -1.95. The quantitative estimate of drug-likeness (QED) is 0.744. The second-order valence-corrected chi connectivity index (χ2v) is 2.40. The molecule has 0 unspecified atom stereocenters. The summed E-state index contributed by atoms with van der Waals surface area (Å²) >= 11 is 0. The van der Waals surface area contributed by atoms with Crippen molar-refractivity contribution in [1.82, 2.24) is 15.1 Å². The van der Waals surface area contributed by atoms with Crippen LogP contribution in [0.25, 0.3) is 11.4 Å². The standard InChI is InChI=1S/C8H8N4O/c1-9-7-6(3-2-4-10-7)8-11-5-13-12-8/h2-5H,1H3,(H,9,10). The van der Waals surface area contributed by atoms with E-state index in [1.54, 1.807) is 13.2 Å². The second kappa shape index (κ2) is 3.22. The molecule has 5 nitrogen and oxygen atoms in total. The Morgan fingerprint density at radius 3 is 3.00 bits per heavy atom. The maximum Gasteiger partial charge on any atom is 0.214 e. The molecule has 5 heteroatoms. The number of hydrogen-bond donors (Lipinski definition) is 1. The molecule has 13 heavy (non-hydrogen) atoms. The maximum absolute atomic E-state index is 4.65. The Bertz CT molecular complexity index is 385. The number of rotatable bonds is 2. The van der Waals surface area contributed by atoms with E-state index in [9.17, 15) is 0 Å². The smallest absolute Gasteiger partial charge is 0.214 e. The molecule has 0 aliphatic carbocycles. The molecule has 0 amide bonds. The highest BCUT2D eigenvalue weighted by molar-refractivity contribution is 5.68. The summed E-state index contributed by atoms with van der Waals surface area (Å²) < 4.78 is 4.65. The van der Waals surface area contributed by atoms with Gasteiger partial charge in [-0.15, -0.1) is 0 Å². The molecule has 2 aromatic heterocycles. The Labute approximate surface area is 74.8 Å². The Hall–Kier alpha value is -1.91. The minimum atomic E-state index is 0.539. The number of hydrogen-bond acceptors (Lipinski definition) is 5. The first-order valence-electron chi connectivity index (χ1n) is 3.81. The lowest BCUT2D eigenvalue weighted by Gasteiger charge is -2.02. The number of pyridine rings is 1. The van der Waals surface area contributed by atoms with Crippen LogP contribution in [0.4, 0.5) is 5.82 Å². The van der Waals surface area contributed by atoms with Crippen LogP contribution >= 0.6 is 0 Å². The van der Waals surface area contributed by atoms with E-state index in [0.29, 0.717) is 5.82 Å². The van der Waals surface area contributed by atoms with Crippen LogP contribution in [-0.2, 0) is 0 Å². The van der Waals surface area contributed by atoms with Gasteiger partial charge in [0.1, 0.15) is 5.82 Å². The molecule has 0 saturated heterocycles. The monoisotopic (exact) mass is 176 g/mol. The number of nitrogens with zero attached hydrogens (tertiary/aromatic N) is 3. The van der Waals surface area contributed by atoms with Gasteiger partial charge in [0.25, 0.3) is 0 Å². The van der Waals surface area contributed by atoms with Crippen LogP contribution in [0.15, 0.2) is 29.2 Å². The third-order valence-electron chi connectivity index (χ3n) is 1.65. The minimum Gasteiger partial charge on any atom is -0.373 e. The Balaban J connectivity index is 2.51. The lowest BCUT2D eigenvalue weighted by molar-refractivity contribution is 0.419. The van der Waals surface area contributed by atoms with Crippen LogP contribution in [0, 0.1) is 0 Å². The largest absolute Gasteiger partial charge is 0.373 e. The first-order chi connectivity index (χ1) is 6.42. The summed E-state index contributed by atoms with van der Waals surface area (Å²) in [5.41, 5.74) is 0.832. The number of nitrogens with one attached hydrogen (secondary N) is 1. The summed E-state index contributed by atoms with van der Waals surface area (Å²) in [6.45, 7) is 0. The molecule has 0 bridgehead atoms. The van der Waals surface area contributed by atoms with Crippen molar-refractivity contribution in [2.24, 2.45) is 0 Å². The molecule has 0 aliphatic rings. The van der Waals surface area contributed by atoms with Crippen LogP contribution in [0.1, 0.15) is 0 Å². The van der Waals surface area contributed by atoms with Gasteiger partial charge in [0.15, 0.2) is 0 Å². The van der Waals surface area contributed by atoms with Gasteiger partial charge in [0, 0.05) is 13.2 Å². The first-order valence-corrected chi connectivity index (χ1v) is 3.81. The van der Waals surface area contributed by atoms with E-state index >= 15 is 0 Å². The minimum absolute atomic E-state index is 0.539. The van der Waals surface area contributed by atoms with E-state index < -0.39 is 0 Å². The van der Waals surface area contributed by atoms with Gasteiger partial charge in [-0.25, -0.2) is 4.98 Å². The van der Waals surface area contributed by atoms with Crippen LogP contribution in [0.2, 0.25) is 0 Å². The highest BCUT2D eigenvalue weighted by atomic mass is 16.5. The van der Waals surface area contributed by atoms with E-state index in [4.69, 9.17) is 0 Å². The summed E-state index contributed by atoms with van der Waals surface area (Å²) in [7, 11) is 1.80. The van der Waals surface area contributed by atoms with Gasteiger partial charge < -0.3 is 9.84 Å². The third-order valence-corrected chi connectivity index (χ3v) is 1.65. The SMILES string of the molecule is CNc1ncccc1-c1ncon1. The average Bonchev–Trinajstić information content (AvgIpc) is 2.70. The van der Waals surface area contributed by atoms with Crippen LogP contribution in [0.3, 0.4) is 0 Å². The van der Waals surface area contributed by atoms with Gasteiger partial charge in [-0.3, -0.25) is 0 Å². The fourth-order valence-electron chi connectivity index (χ4n) is 1.07. The van der Waals surface area contributed by atoms with E-state index in [1.807, 2.05) is 12.1 Å². The Kier molecular flexibility index (Phi) is 1.91. The molecule has 0 fully saturated rings. The summed E-state index contributed by atoms with van der Waals surface area (Å²) in [5, 5.41) is 6.68. The van der Waals surface area contributed by atoms with Crippen molar-refractivity contribution in [3.8, 4) is 11.4 Å². The fourth-order valence-corrected chi connectivity index (χ4v) is 1.07. The van der Waals surface area contributed by atoms with Crippen molar-refractivity contribution < 1.29 is 4.52 Å². The molecule has 2 aromatic rings. The summed E-state index contributed by atoms with van der Waals surface area (Å²) in [4.78, 5) is 8.06. The lowest BCUT2D eigenvalue weighted by atomic mass is 10.2. The van der Waals surface area contributed by atoms with E-state index in [2.05, 4.69) is 25.0 Å². The van der Waals surface area contributed by atoms with E-state index in [1.165, 1.54) is 6.39 Å². The molecule has 0 aliphatic heterocycles. The average molecular weight is 176 g/mol. The van der Waals surface area contributed by atoms with E-state index in [0.717, 1.165) is 11.4 Å². The highest BCUT2D eigenvalue weighted by Crippen LogP contribution is 2.21. The second-order valence-electron chi connectivity index (χ2n) is 2.40. The topological polar surface area (TPSA) is 63.8 Å². The molecule has 66 valence electrons.